The van der Waals surface area contributed by atoms with E-state index in [1.807, 2.05) is 6.92 Å². The van der Waals surface area contributed by atoms with Crippen molar-refractivity contribution < 1.29 is 14.6 Å². The molecular weight excluding hydrogens is 184 g/mol. The van der Waals surface area contributed by atoms with E-state index in [1.54, 1.807) is 0 Å². The Morgan fingerprint density at radius 1 is 1.57 bits per heavy atom. The topological polar surface area (TPSA) is 70.6 Å². The van der Waals surface area contributed by atoms with Crippen molar-refractivity contribution in [1.29, 1.82) is 0 Å². The van der Waals surface area contributed by atoms with E-state index in [-0.39, 0.29) is 25.1 Å². The standard InChI is InChI=1S/C9H20N2O3/c1-3-4-10-5-9(13)11-8(6-12)7-14-2/h8,10,12H,3-7H2,1-2H3,(H,11,13). The number of aliphatic hydroxyl groups excluding tert-OH is 1. The first kappa shape index (κ1) is 13.4. The molecule has 5 heteroatoms. The summed E-state index contributed by atoms with van der Waals surface area (Å²) in [5.41, 5.74) is 0. The number of nitrogens with one attached hydrogen (secondary N) is 2. The average Bonchev–Trinajstić information content (AvgIpc) is 2.17. The SMILES string of the molecule is CCCNCC(=O)NC(CO)COC. The van der Waals surface area contributed by atoms with Crippen LogP contribution in [0.25, 0.3) is 0 Å². The van der Waals surface area contributed by atoms with Gasteiger partial charge in [0.05, 0.1) is 25.8 Å². The van der Waals surface area contributed by atoms with Crippen molar-refractivity contribution in [3.63, 3.8) is 0 Å². The third-order valence-corrected chi connectivity index (χ3v) is 1.67. The van der Waals surface area contributed by atoms with Crippen LogP contribution in [0.3, 0.4) is 0 Å². The Labute approximate surface area is 84.8 Å². The van der Waals surface area contributed by atoms with Crippen molar-refractivity contribution in [2.45, 2.75) is 19.4 Å². The maximum absolute atomic E-state index is 11.2. The highest BCUT2D eigenvalue weighted by molar-refractivity contribution is 5.78. The van der Waals surface area contributed by atoms with Gasteiger partial charge in [-0.1, -0.05) is 6.92 Å². The van der Waals surface area contributed by atoms with E-state index in [4.69, 9.17) is 9.84 Å². The maximum Gasteiger partial charge on any atom is 0.234 e. The Kier molecular flexibility index (Phi) is 8.51. The van der Waals surface area contributed by atoms with Gasteiger partial charge in [-0.3, -0.25) is 4.79 Å². The maximum atomic E-state index is 11.2. The fourth-order valence-electron chi connectivity index (χ4n) is 0.999. The monoisotopic (exact) mass is 204 g/mol. The third-order valence-electron chi connectivity index (χ3n) is 1.67. The van der Waals surface area contributed by atoms with Crippen LogP contribution in [0, 0.1) is 0 Å². The van der Waals surface area contributed by atoms with E-state index in [0.717, 1.165) is 13.0 Å². The number of amides is 1. The Balaban J connectivity index is 3.56. The van der Waals surface area contributed by atoms with Crippen LogP contribution in [0.1, 0.15) is 13.3 Å². The number of hydrogen-bond donors (Lipinski definition) is 3. The number of ether oxygens (including phenoxy) is 1. The van der Waals surface area contributed by atoms with Gasteiger partial charge in [0.15, 0.2) is 0 Å². The lowest BCUT2D eigenvalue weighted by Gasteiger charge is -2.15. The van der Waals surface area contributed by atoms with Crippen LogP contribution in [-0.2, 0) is 9.53 Å². The van der Waals surface area contributed by atoms with E-state index in [0.29, 0.717) is 6.61 Å². The molecule has 0 aromatic carbocycles. The van der Waals surface area contributed by atoms with Crippen LogP contribution >= 0.6 is 0 Å². The second-order valence-electron chi connectivity index (χ2n) is 3.08. The fourth-order valence-corrected chi connectivity index (χ4v) is 0.999. The molecule has 3 N–H and O–H groups in total. The first-order chi connectivity index (χ1) is 6.74. The summed E-state index contributed by atoms with van der Waals surface area (Å²) in [6.45, 7) is 3.37. The normalized spacial score (nSPS) is 12.5. The van der Waals surface area contributed by atoms with Crippen LogP contribution in [-0.4, -0.2) is 50.5 Å². The molecule has 0 heterocycles. The van der Waals surface area contributed by atoms with Crippen LogP contribution in [0.2, 0.25) is 0 Å². The number of carbonyl (C=O) groups excluding carboxylic acids is 1. The van der Waals surface area contributed by atoms with Gasteiger partial charge in [0, 0.05) is 7.11 Å². The molecule has 0 radical (unpaired) electrons. The van der Waals surface area contributed by atoms with Gasteiger partial charge in [-0.25, -0.2) is 0 Å². The summed E-state index contributed by atoms with van der Waals surface area (Å²) >= 11 is 0. The lowest BCUT2D eigenvalue weighted by atomic mass is 10.3. The van der Waals surface area contributed by atoms with Gasteiger partial charge in [-0.15, -0.1) is 0 Å². The Morgan fingerprint density at radius 2 is 2.29 bits per heavy atom. The van der Waals surface area contributed by atoms with Crippen molar-refractivity contribution in [3.05, 3.63) is 0 Å². The molecule has 0 rings (SSSR count). The van der Waals surface area contributed by atoms with Crippen LogP contribution in [0.4, 0.5) is 0 Å². The summed E-state index contributed by atoms with van der Waals surface area (Å²) in [4.78, 5) is 11.2. The molecule has 14 heavy (non-hydrogen) atoms. The van der Waals surface area contributed by atoms with Crippen LogP contribution in [0.15, 0.2) is 0 Å². The summed E-state index contributed by atoms with van der Waals surface area (Å²) in [5, 5.41) is 14.5. The fraction of sp³-hybridized carbons (Fsp3) is 0.889. The Bertz CT molecular complexity index is 153. The molecule has 0 spiro atoms. The van der Waals surface area contributed by atoms with Crippen molar-refractivity contribution in [2.75, 3.05) is 33.4 Å². The average molecular weight is 204 g/mol. The van der Waals surface area contributed by atoms with Crippen molar-refractivity contribution in [2.24, 2.45) is 0 Å². The van der Waals surface area contributed by atoms with E-state index in [2.05, 4.69) is 10.6 Å². The van der Waals surface area contributed by atoms with Crippen molar-refractivity contribution in [1.82, 2.24) is 10.6 Å². The molecule has 0 fully saturated rings. The van der Waals surface area contributed by atoms with Gasteiger partial charge in [-0.2, -0.15) is 0 Å². The largest absolute Gasteiger partial charge is 0.394 e. The van der Waals surface area contributed by atoms with Gasteiger partial charge in [-0.05, 0) is 13.0 Å². The lowest BCUT2D eigenvalue weighted by molar-refractivity contribution is -0.121. The molecule has 0 aromatic heterocycles. The minimum absolute atomic E-state index is 0.104. The Morgan fingerprint density at radius 3 is 2.79 bits per heavy atom. The first-order valence-electron chi connectivity index (χ1n) is 4.84. The molecular formula is C9H20N2O3. The van der Waals surface area contributed by atoms with Gasteiger partial charge in [0.2, 0.25) is 5.91 Å². The number of rotatable bonds is 8. The number of hydrogen-bond acceptors (Lipinski definition) is 4. The second kappa shape index (κ2) is 8.93. The summed E-state index contributed by atoms with van der Waals surface area (Å²) in [6.07, 6.45) is 0.995. The lowest BCUT2D eigenvalue weighted by Crippen LogP contribution is -2.44. The Hall–Kier alpha value is -0.650. The molecule has 1 unspecified atom stereocenters. The van der Waals surface area contributed by atoms with Crippen LogP contribution in [0.5, 0.6) is 0 Å². The number of methoxy groups -OCH3 is 1. The number of aliphatic hydroxyl groups is 1. The zero-order valence-electron chi connectivity index (χ0n) is 8.88. The van der Waals surface area contributed by atoms with Crippen molar-refractivity contribution in [3.8, 4) is 0 Å². The smallest absolute Gasteiger partial charge is 0.234 e. The predicted octanol–water partition coefficient (Wildman–Crippen LogP) is -0.890. The highest BCUT2D eigenvalue weighted by Gasteiger charge is 2.09. The summed E-state index contributed by atoms with van der Waals surface area (Å²) in [5.74, 6) is -0.116. The molecule has 0 aliphatic rings. The second-order valence-corrected chi connectivity index (χ2v) is 3.08. The van der Waals surface area contributed by atoms with Gasteiger partial charge in [0.25, 0.3) is 0 Å². The summed E-state index contributed by atoms with van der Waals surface area (Å²) in [6, 6.07) is -0.309. The summed E-state index contributed by atoms with van der Waals surface area (Å²) in [7, 11) is 1.53. The van der Waals surface area contributed by atoms with Gasteiger partial charge < -0.3 is 20.5 Å². The van der Waals surface area contributed by atoms with Crippen LogP contribution < -0.4 is 10.6 Å². The zero-order valence-corrected chi connectivity index (χ0v) is 8.88. The molecule has 0 aromatic rings. The molecule has 84 valence electrons. The highest BCUT2D eigenvalue weighted by Crippen LogP contribution is 1.83. The minimum Gasteiger partial charge on any atom is -0.394 e. The number of carbonyl (C=O) groups is 1. The van der Waals surface area contributed by atoms with E-state index in [9.17, 15) is 4.79 Å². The molecule has 5 nitrogen and oxygen atoms in total. The third kappa shape index (κ3) is 6.82. The van der Waals surface area contributed by atoms with E-state index in [1.165, 1.54) is 7.11 Å². The highest BCUT2D eigenvalue weighted by atomic mass is 16.5. The molecule has 0 saturated carbocycles. The first-order valence-corrected chi connectivity index (χ1v) is 4.84. The van der Waals surface area contributed by atoms with Gasteiger partial charge in [0.1, 0.15) is 0 Å². The van der Waals surface area contributed by atoms with E-state index >= 15 is 0 Å². The molecule has 0 aliphatic heterocycles. The van der Waals surface area contributed by atoms with Gasteiger partial charge >= 0.3 is 0 Å². The quantitative estimate of drug-likeness (QED) is 0.449. The molecule has 0 aliphatic carbocycles. The molecule has 0 saturated heterocycles. The molecule has 1 atom stereocenters. The predicted molar refractivity (Wildman–Crippen MR) is 54.1 cm³/mol. The molecule has 1 amide bonds. The van der Waals surface area contributed by atoms with Crippen molar-refractivity contribution >= 4 is 5.91 Å². The summed E-state index contributed by atoms with van der Waals surface area (Å²) < 4.78 is 4.83. The minimum atomic E-state index is -0.309. The molecule has 0 bridgehead atoms. The van der Waals surface area contributed by atoms with E-state index < -0.39 is 0 Å². The zero-order chi connectivity index (χ0) is 10.8.